The molecule has 0 spiro atoms. The van der Waals surface area contributed by atoms with E-state index in [0.29, 0.717) is 11.0 Å². The highest BCUT2D eigenvalue weighted by Gasteiger charge is 2.16. The minimum atomic E-state index is 0.472. The highest BCUT2D eigenvalue weighted by Crippen LogP contribution is 2.38. The van der Waals surface area contributed by atoms with E-state index in [9.17, 15) is 0 Å². The summed E-state index contributed by atoms with van der Waals surface area (Å²) in [6.45, 7) is 0. The Labute approximate surface area is 161 Å². The summed E-state index contributed by atoms with van der Waals surface area (Å²) in [6.07, 6.45) is 0. The predicted molar refractivity (Wildman–Crippen MR) is 104 cm³/mol. The molecule has 0 aliphatic carbocycles. The number of rotatable bonds is 2. The van der Waals surface area contributed by atoms with E-state index in [1.165, 1.54) is 0 Å². The lowest BCUT2D eigenvalue weighted by Crippen LogP contribution is -1.96. The summed E-state index contributed by atoms with van der Waals surface area (Å²) < 4.78 is 2.86. The topological polar surface area (TPSA) is 25.8 Å². The number of hydrogen-bond donors (Lipinski definition) is 0. The van der Waals surface area contributed by atoms with Crippen LogP contribution in [0.3, 0.4) is 0 Å². The van der Waals surface area contributed by atoms with Crippen LogP contribution in [-0.4, -0.2) is 9.97 Å². The van der Waals surface area contributed by atoms with Crippen molar-refractivity contribution in [3.63, 3.8) is 0 Å². The Morgan fingerprint density at radius 3 is 2.43 bits per heavy atom. The van der Waals surface area contributed by atoms with Crippen LogP contribution in [-0.2, 0) is 0 Å². The third-order valence-electron chi connectivity index (χ3n) is 2.72. The van der Waals surface area contributed by atoms with Crippen molar-refractivity contribution in [2.45, 2.75) is 0 Å². The molecule has 3 rings (SSSR count). The molecule has 0 unspecified atom stereocenters. The number of aromatic nitrogens is 2. The van der Waals surface area contributed by atoms with Gasteiger partial charge in [-0.05, 0) is 60.5 Å². The van der Waals surface area contributed by atoms with Gasteiger partial charge in [0.15, 0.2) is 5.82 Å². The van der Waals surface area contributed by atoms with Crippen LogP contribution in [0.4, 0.5) is 0 Å². The van der Waals surface area contributed by atoms with E-state index in [-0.39, 0.29) is 0 Å². The molecule has 0 saturated carbocycles. The maximum absolute atomic E-state index is 6.29. The first-order valence-corrected chi connectivity index (χ1v) is 9.66. The van der Waals surface area contributed by atoms with Crippen LogP contribution in [0.2, 0.25) is 5.15 Å². The van der Waals surface area contributed by atoms with E-state index < -0.39 is 0 Å². The summed E-state index contributed by atoms with van der Waals surface area (Å²) in [5, 5.41) is 0.472. The Morgan fingerprint density at radius 1 is 1.10 bits per heavy atom. The molecule has 0 aliphatic heterocycles. The standard InChI is InChI=1S/C14H6Br2ClIN2S/c15-8-6-9(21-12(8)16)14-19-11(10(18)13(17)20-14)7-4-2-1-3-5-7/h1-6H. The molecule has 2 nitrogen and oxygen atoms in total. The molecule has 2 aromatic heterocycles. The number of benzene rings is 1. The Balaban J connectivity index is 2.18. The smallest absolute Gasteiger partial charge is 0.171 e. The molecule has 0 atom stereocenters. The second-order valence-electron chi connectivity index (χ2n) is 4.10. The van der Waals surface area contributed by atoms with Gasteiger partial charge in [-0.2, -0.15) is 0 Å². The number of hydrogen-bond acceptors (Lipinski definition) is 3. The van der Waals surface area contributed by atoms with Crippen LogP contribution in [0.25, 0.3) is 22.0 Å². The first-order valence-electron chi connectivity index (χ1n) is 5.80. The number of halogens is 4. The van der Waals surface area contributed by atoms with Gasteiger partial charge in [-0.25, -0.2) is 9.97 Å². The lowest BCUT2D eigenvalue weighted by molar-refractivity contribution is 1.17. The Kier molecular flexibility index (Phi) is 5.00. The predicted octanol–water partition coefficient (Wildman–Crippen LogP) is 6.66. The summed E-state index contributed by atoms with van der Waals surface area (Å²) in [7, 11) is 0. The van der Waals surface area contributed by atoms with Crippen molar-refractivity contribution in [2.24, 2.45) is 0 Å². The van der Waals surface area contributed by atoms with Gasteiger partial charge < -0.3 is 0 Å². The normalized spacial score (nSPS) is 10.9. The van der Waals surface area contributed by atoms with Crippen LogP contribution in [0.15, 0.2) is 44.7 Å². The van der Waals surface area contributed by atoms with Crippen molar-refractivity contribution < 1.29 is 0 Å². The second kappa shape index (κ2) is 6.62. The van der Waals surface area contributed by atoms with Crippen LogP contribution < -0.4 is 0 Å². The van der Waals surface area contributed by atoms with Crippen molar-refractivity contribution in [1.29, 1.82) is 0 Å². The Bertz CT molecular complexity index is 789. The van der Waals surface area contributed by atoms with Gasteiger partial charge in [0.1, 0.15) is 5.15 Å². The molecule has 21 heavy (non-hydrogen) atoms. The van der Waals surface area contributed by atoms with Crippen molar-refractivity contribution in [1.82, 2.24) is 9.97 Å². The van der Waals surface area contributed by atoms with E-state index in [2.05, 4.69) is 59.4 Å². The van der Waals surface area contributed by atoms with Gasteiger partial charge in [-0.1, -0.05) is 41.9 Å². The number of nitrogens with zero attached hydrogens (tertiary/aromatic N) is 2. The lowest BCUT2D eigenvalue weighted by Gasteiger charge is -2.07. The largest absolute Gasteiger partial charge is 0.226 e. The zero-order chi connectivity index (χ0) is 15.0. The summed E-state index contributed by atoms with van der Waals surface area (Å²) >= 11 is 17.0. The zero-order valence-corrected chi connectivity index (χ0v) is 17.2. The van der Waals surface area contributed by atoms with Gasteiger partial charge in [0.2, 0.25) is 0 Å². The van der Waals surface area contributed by atoms with Gasteiger partial charge in [0.25, 0.3) is 0 Å². The van der Waals surface area contributed by atoms with Crippen molar-refractivity contribution >= 4 is 77.4 Å². The maximum Gasteiger partial charge on any atom is 0.171 e. The fourth-order valence-corrected chi connectivity index (χ4v) is 4.47. The van der Waals surface area contributed by atoms with Crippen LogP contribution >= 0.6 is 77.4 Å². The molecule has 106 valence electrons. The van der Waals surface area contributed by atoms with Gasteiger partial charge in [-0.3, -0.25) is 0 Å². The Morgan fingerprint density at radius 2 is 1.81 bits per heavy atom. The molecule has 0 bridgehead atoms. The first-order chi connectivity index (χ1) is 10.1. The quantitative estimate of drug-likeness (QED) is 0.261. The lowest BCUT2D eigenvalue weighted by atomic mass is 10.1. The molecule has 1 aromatic carbocycles. The minimum Gasteiger partial charge on any atom is -0.226 e. The summed E-state index contributed by atoms with van der Waals surface area (Å²) in [4.78, 5) is 10.1. The van der Waals surface area contributed by atoms with E-state index in [0.717, 1.165) is 28.0 Å². The third kappa shape index (κ3) is 3.34. The first kappa shape index (κ1) is 15.9. The van der Waals surface area contributed by atoms with Crippen molar-refractivity contribution in [3.05, 3.63) is 53.4 Å². The SMILES string of the molecule is Clc1nc(-c2cc(Br)c(Br)s2)nc(-c2ccccc2)c1I. The highest BCUT2D eigenvalue weighted by atomic mass is 127. The minimum absolute atomic E-state index is 0.472. The highest BCUT2D eigenvalue weighted by molar-refractivity contribution is 14.1. The van der Waals surface area contributed by atoms with Crippen LogP contribution in [0.5, 0.6) is 0 Å². The molecule has 0 saturated heterocycles. The summed E-state index contributed by atoms with van der Waals surface area (Å²) in [5.74, 6) is 0.635. The third-order valence-corrected chi connectivity index (χ3v) is 7.59. The maximum atomic E-state index is 6.29. The summed E-state index contributed by atoms with van der Waals surface area (Å²) in [5.41, 5.74) is 1.88. The summed E-state index contributed by atoms with van der Waals surface area (Å²) in [6, 6.07) is 12.0. The second-order valence-corrected chi connectivity index (χ2v) is 8.76. The molecule has 0 amide bonds. The molecule has 0 fully saturated rings. The van der Waals surface area contributed by atoms with E-state index in [1.54, 1.807) is 11.3 Å². The van der Waals surface area contributed by atoms with E-state index in [1.807, 2.05) is 36.4 Å². The van der Waals surface area contributed by atoms with Crippen LogP contribution in [0, 0.1) is 3.57 Å². The van der Waals surface area contributed by atoms with Crippen molar-refractivity contribution in [3.8, 4) is 22.0 Å². The molecular weight excluding hydrogens is 550 g/mol. The van der Waals surface area contributed by atoms with Gasteiger partial charge >= 0.3 is 0 Å². The van der Waals surface area contributed by atoms with Crippen molar-refractivity contribution in [2.75, 3.05) is 0 Å². The Hall–Kier alpha value is -0.0200. The van der Waals surface area contributed by atoms with Gasteiger partial charge in [0.05, 0.1) is 17.9 Å². The molecule has 3 aromatic rings. The molecule has 0 N–H and O–H groups in total. The molecule has 0 radical (unpaired) electrons. The fraction of sp³-hybridized carbons (Fsp3) is 0. The number of thiophene rings is 1. The molecule has 0 aliphatic rings. The van der Waals surface area contributed by atoms with Gasteiger partial charge in [-0.15, -0.1) is 11.3 Å². The zero-order valence-electron chi connectivity index (χ0n) is 10.3. The fourth-order valence-electron chi connectivity index (χ4n) is 1.77. The van der Waals surface area contributed by atoms with E-state index >= 15 is 0 Å². The average Bonchev–Trinajstić information content (AvgIpc) is 2.82. The van der Waals surface area contributed by atoms with E-state index in [4.69, 9.17) is 16.6 Å². The molecular formula is C14H6Br2ClIN2S. The molecule has 2 heterocycles. The monoisotopic (exact) mass is 554 g/mol. The van der Waals surface area contributed by atoms with Gasteiger partial charge in [0, 0.05) is 10.0 Å². The van der Waals surface area contributed by atoms with Crippen LogP contribution in [0.1, 0.15) is 0 Å². The molecule has 7 heteroatoms. The average molecular weight is 556 g/mol.